The van der Waals surface area contributed by atoms with Gasteiger partial charge in [-0.15, -0.1) is 0 Å². The van der Waals surface area contributed by atoms with Crippen LogP contribution in [0.25, 0.3) is 0 Å². The number of aliphatic carboxylic acids is 2. The highest BCUT2D eigenvalue weighted by atomic mass is 16.4. The third-order valence-electron chi connectivity index (χ3n) is 5.37. The molecule has 13 nitrogen and oxygen atoms in total. The van der Waals surface area contributed by atoms with Gasteiger partial charge in [-0.25, -0.2) is 9.78 Å². The summed E-state index contributed by atoms with van der Waals surface area (Å²) in [6.45, 7) is 6.71. The molecule has 34 heavy (non-hydrogen) atoms. The van der Waals surface area contributed by atoms with E-state index in [1.54, 1.807) is 27.7 Å². The molecule has 8 N–H and O–H groups in total. The van der Waals surface area contributed by atoms with Gasteiger partial charge in [0.25, 0.3) is 0 Å². The van der Waals surface area contributed by atoms with E-state index in [9.17, 15) is 34.2 Å². The Morgan fingerprint density at radius 3 is 2.09 bits per heavy atom. The van der Waals surface area contributed by atoms with Crippen LogP contribution in [0.1, 0.15) is 46.2 Å². The predicted molar refractivity (Wildman–Crippen MR) is 120 cm³/mol. The Kier molecular flexibility index (Phi) is 11.2. The highest BCUT2D eigenvalue weighted by Gasteiger charge is 2.34. The zero-order chi connectivity index (χ0) is 26.0. The summed E-state index contributed by atoms with van der Waals surface area (Å²) >= 11 is 0. The van der Waals surface area contributed by atoms with E-state index in [2.05, 4.69) is 25.9 Å². The van der Waals surface area contributed by atoms with Crippen molar-refractivity contribution in [1.29, 1.82) is 0 Å². The first-order chi connectivity index (χ1) is 15.9. The number of H-pyrrole nitrogens is 1. The maximum absolute atomic E-state index is 12.9. The molecule has 0 fully saturated rings. The number of carboxylic acid groups (broad SMARTS) is 2. The number of hydrogen-bond acceptors (Lipinski definition) is 7. The largest absolute Gasteiger partial charge is 0.481 e. The summed E-state index contributed by atoms with van der Waals surface area (Å²) in [5.41, 5.74) is 6.44. The van der Waals surface area contributed by atoms with Crippen molar-refractivity contribution >= 4 is 29.7 Å². The Labute approximate surface area is 197 Å². The number of amides is 3. The molecule has 0 spiro atoms. The topological polar surface area (TPSA) is 217 Å². The van der Waals surface area contributed by atoms with E-state index in [4.69, 9.17) is 5.73 Å². The number of carbonyl (C=O) groups excluding carboxylic acids is 3. The molecule has 0 bridgehead atoms. The molecule has 5 unspecified atom stereocenters. The molecular formula is C21H34N6O7. The van der Waals surface area contributed by atoms with Crippen molar-refractivity contribution in [3.63, 3.8) is 0 Å². The van der Waals surface area contributed by atoms with Crippen LogP contribution in [0.5, 0.6) is 0 Å². The summed E-state index contributed by atoms with van der Waals surface area (Å²) in [5.74, 6) is -5.77. The average Bonchev–Trinajstić information content (AvgIpc) is 3.26. The first-order valence-electron chi connectivity index (χ1n) is 11.0. The number of imidazole rings is 1. The number of aromatic amines is 1. The van der Waals surface area contributed by atoms with Crippen molar-refractivity contribution in [3.8, 4) is 0 Å². The minimum Gasteiger partial charge on any atom is -0.481 e. The van der Waals surface area contributed by atoms with Gasteiger partial charge >= 0.3 is 11.9 Å². The number of hydrogen-bond donors (Lipinski definition) is 7. The van der Waals surface area contributed by atoms with Gasteiger partial charge in [0.05, 0.1) is 18.8 Å². The molecule has 5 atom stereocenters. The number of nitrogens with two attached hydrogens (primary N) is 1. The Balaban J connectivity index is 2.98. The molecule has 0 aliphatic heterocycles. The van der Waals surface area contributed by atoms with Gasteiger partial charge in [-0.3, -0.25) is 19.2 Å². The highest BCUT2D eigenvalue weighted by molar-refractivity contribution is 5.95. The fourth-order valence-corrected chi connectivity index (χ4v) is 3.10. The third kappa shape index (κ3) is 8.81. The lowest BCUT2D eigenvalue weighted by Crippen LogP contribution is -2.59. The van der Waals surface area contributed by atoms with Gasteiger partial charge in [-0.2, -0.15) is 0 Å². The van der Waals surface area contributed by atoms with Gasteiger partial charge in [0.1, 0.15) is 18.1 Å². The Morgan fingerprint density at radius 1 is 1.00 bits per heavy atom. The van der Waals surface area contributed by atoms with E-state index in [0.717, 1.165) is 0 Å². The molecule has 0 radical (unpaired) electrons. The highest BCUT2D eigenvalue weighted by Crippen LogP contribution is 2.11. The van der Waals surface area contributed by atoms with Crippen molar-refractivity contribution in [2.45, 2.75) is 71.1 Å². The van der Waals surface area contributed by atoms with Gasteiger partial charge in [0.2, 0.25) is 17.7 Å². The SMILES string of the molecule is CCC(C)C(NC(=O)C(CC(=O)O)NC(=O)C(N)Cc1cnc[nH]1)C(=O)NC(C(=O)O)C(C)C. The predicted octanol–water partition coefficient (Wildman–Crippen LogP) is -1.00. The average molecular weight is 483 g/mol. The van der Waals surface area contributed by atoms with Crippen LogP contribution in [0.2, 0.25) is 0 Å². The van der Waals surface area contributed by atoms with Gasteiger partial charge < -0.3 is 36.9 Å². The minimum absolute atomic E-state index is 0.0803. The van der Waals surface area contributed by atoms with E-state index in [-0.39, 0.29) is 6.42 Å². The maximum atomic E-state index is 12.9. The summed E-state index contributed by atoms with van der Waals surface area (Å²) in [6.07, 6.45) is 2.69. The van der Waals surface area contributed by atoms with E-state index >= 15 is 0 Å². The van der Waals surface area contributed by atoms with Crippen molar-refractivity contribution < 1.29 is 34.2 Å². The molecule has 190 valence electrons. The van der Waals surface area contributed by atoms with Crippen LogP contribution >= 0.6 is 0 Å². The number of nitrogens with zero attached hydrogens (tertiary/aromatic N) is 1. The van der Waals surface area contributed by atoms with Crippen LogP contribution in [-0.2, 0) is 30.4 Å². The smallest absolute Gasteiger partial charge is 0.326 e. The molecule has 1 aromatic rings. The van der Waals surface area contributed by atoms with Crippen molar-refractivity contribution in [2.24, 2.45) is 17.6 Å². The lowest BCUT2D eigenvalue weighted by atomic mass is 9.96. The van der Waals surface area contributed by atoms with Crippen LogP contribution in [0.3, 0.4) is 0 Å². The normalized spacial score (nSPS) is 15.5. The molecule has 3 amide bonds. The van der Waals surface area contributed by atoms with Crippen LogP contribution in [0.15, 0.2) is 12.5 Å². The second-order valence-corrected chi connectivity index (χ2v) is 8.49. The Bertz CT molecular complexity index is 858. The van der Waals surface area contributed by atoms with E-state index < -0.39 is 72.1 Å². The van der Waals surface area contributed by atoms with Crippen LogP contribution < -0.4 is 21.7 Å². The molecule has 0 saturated carbocycles. The number of carbonyl (C=O) groups is 5. The zero-order valence-corrected chi connectivity index (χ0v) is 19.7. The molecular weight excluding hydrogens is 448 g/mol. The lowest BCUT2D eigenvalue weighted by Gasteiger charge is -2.28. The Hall–Kier alpha value is -3.48. The summed E-state index contributed by atoms with van der Waals surface area (Å²) in [5, 5.41) is 25.8. The molecule has 1 heterocycles. The van der Waals surface area contributed by atoms with Crippen molar-refractivity contribution in [1.82, 2.24) is 25.9 Å². The second-order valence-electron chi connectivity index (χ2n) is 8.49. The second kappa shape index (κ2) is 13.3. The monoisotopic (exact) mass is 482 g/mol. The minimum atomic E-state index is -1.50. The molecule has 0 aromatic carbocycles. The molecule has 0 aliphatic rings. The summed E-state index contributed by atoms with van der Waals surface area (Å²) in [4.78, 5) is 67.6. The molecule has 0 aliphatic carbocycles. The molecule has 0 saturated heterocycles. The maximum Gasteiger partial charge on any atom is 0.326 e. The molecule has 1 rings (SSSR count). The lowest BCUT2D eigenvalue weighted by molar-refractivity contribution is -0.144. The Morgan fingerprint density at radius 2 is 1.62 bits per heavy atom. The third-order valence-corrected chi connectivity index (χ3v) is 5.37. The van der Waals surface area contributed by atoms with Crippen LogP contribution in [0.4, 0.5) is 0 Å². The van der Waals surface area contributed by atoms with E-state index in [1.165, 1.54) is 12.5 Å². The van der Waals surface area contributed by atoms with Gasteiger partial charge in [-0.05, 0) is 11.8 Å². The van der Waals surface area contributed by atoms with Crippen LogP contribution in [-0.4, -0.2) is 74.0 Å². The van der Waals surface area contributed by atoms with E-state index in [0.29, 0.717) is 12.1 Å². The molecule has 13 heteroatoms. The summed E-state index contributed by atoms with van der Waals surface area (Å²) in [7, 11) is 0. The first kappa shape index (κ1) is 28.6. The number of rotatable bonds is 14. The number of nitrogens with one attached hydrogen (secondary N) is 4. The summed E-state index contributed by atoms with van der Waals surface area (Å²) < 4.78 is 0. The van der Waals surface area contributed by atoms with Gasteiger partial charge in [0, 0.05) is 18.3 Å². The quantitative estimate of drug-likeness (QED) is 0.173. The fourth-order valence-electron chi connectivity index (χ4n) is 3.10. The first-order valence-corrected chi connectivity index (χ1v) is 11.0. The van der Waals surface area contributed by atoms with Crippen LogP contribution in [0, 0.1) is 11.8 Å². The number of carboxylic acids is 2. The number of aromatic nitrogens is 2. The zero-order valence-electron chi connectivity index (χ0n) is 19.7. The van der Waals surface area contributed by atoms with E-state index in [1.807, 2.05) is 0 Å². The van der Waals surface area contributed by atoms with Crippen molar-refractivity contribution in [2.75, 3.05) is 0 Å². The van der Waals surface area contributed by atoms with Gasteiger partial charge in [0.15, 0.2) is 0 Å². The fraction of sp³-hybridized carbons (Fsp3) is 0.619. The summed E-state index contributed by atoms with van der Waals surface area (Å²) in [6, 6.07) is -4.91. The van der Waals surface area contributed by atoms with Gasteiger partial charge in [-0.1, -0.05) is 34.1 Å². The standard InChI is InChI=1S/C21H34N6O7/c1-5-11(4)17(20(32)26-16(10(2)3)21(33)34)27-19(31)14(7-15(28)29)25-18(30)13(22)6-12-8-23-9-24-12/h8-11,13-14,16-17H,5-7,22H2,1-4H3,(H,23,24)(H,25,30)(H,26,32)(H,27,31)(H,28,29)(H,33,34). The van der Waals surface area contributed by atoms with Crippen molar-refractivity contribution in [3.05, 3.63) is 18.2 Å². The molecule has 1 aromatic heterocycles.